The zero-order valence-corrected chi connectivity index (χ0v) is 16.3. The van der Waals surface area contributed by atoms with E-state index in [1.165, 1.54) is 12.7 Å². The first-order valence-corrected chi connectivity index (χ1v) is 9.34. The molecule has 0 N–H and O–H groups in total. The van der Waals surface area contributed by atoms with Crippen molar-refractivity contribution in [1.29, 1.82) is 0 Å². The van der Waals surface area contributed by atoms with Gasteiger partial charge in [-0.15, -0.1) is 0 Å². The van der Waals surface area contributed by atoms with Gasteiger partial charge in [0.2, 0.25) is 12.7 Å². The van der Waals surface area contributed by atoms with Crippen molar-refractivity contribution in [2.24, 2.45) is 0 Å². The van der Waals surface area contributed by atoms with Crippen LogP contribution < -0.4 is 9.47 Å². The number of benzene rings is 2. The molecule has 0 saturated heterocycles. The second-order valence-corrected chi connectivity index (χ2v) is 6.81. The van der Waals surface area contributed by atoms with Crippen LogP contribution in [0.15, 0.2) is 42.5 Å². The Labute approximate surface area is 165 Å². The van der Waals surface area contributed by atoms with Gasteiger partial charge >= 0.3 is 5.97 Å². The Morgan fingerprint density at radius 1 is 1.00 bits per heavy atom. The van der Waals surface area contributed by atoms with Crippen LogP contribution in [-0.4, -0.2) is 37.2 Å². The topological polar surface area (TPSA) is 65.1 Å². The van der Waals surface area contributed by atoms with Gasteiger partial charge in [0.1, 0.15) is 0 Å². The van der Waals surface area contributed by atoms with E-state index < -0.39 is 0 Å². The molecule has 0 spiro atoms. The third-order valence-corrected chi connectivity index (χ3v) is 4.72. The van der Waals surface area contributed by atoms with Gasteiger partial charge in [0.25, 0.3) is 0 Å². The van der Waals surface area contributed by atoms with Gasteiger partial charge in [-0.1, -0.05) is 35.9 Å². The van der Waals surface area contributed by atoms with Crippen LogP contribution in [-0.2, 0) is 27.3 Å². The van der Waals surface area contributed by atoms with Crippen molar-refractivity contribution in [1.82, 2.24) is 4.90 Å². The molecule has 0 saturated carbocycles. The van der Waals surface area contributed by atoms with Crippen molar-refractivity contribution in [2.45, 2.75) is 32.7 Å². The number of amides is 1. The molecule has 0 atom stereocenters. The van der Waals surface area contributed by atoms with E-state index in [1.807, 2.05) is 49.4 Å². The lowest BCUT2D eigenvalue weighted by Crippen LogP contribution is -2.33. The highest BCUT2D eigenvalue weighted by Gasteiger charge is 2.18. The predicted molar refractivity (Wildman–Crippen MR) is 104 cm³/mol. The highest BCUT2D eigenvalue weighted by Crippen LogP contribution is 2.32. The molecule has 2 aromatic rings. The summed E-state index contributed by atoms with van der Waals surface area (Å²) in [4.78, 5) is 26.1. The largest absolute Gasteiger partial charge is 0.469 e. The summed E-state index contributed by atoms with van der Waals surface area (Å²) in [5, 5.41) is 0. The number of carbonyl (C=O) groups is 2. The molecular weight excluding hydrogens is 358 g/mol. The second-order valence-electron chi connectivity index (χ2n) is 6.81. The summed E-state index contributed by atoms with van der Waals surface area (Å²) in [7, 11) is 1.35. The van der Waals surface area contributed by atoms with Gasteiger partial charge in [0.05, 0.1) is 13.5 Å². The Morgan fingerprint density at radius 3 is 2.46 bits per heavy atom. The molecule has 0 unspecified atom stereocenters. The van der Waals surface area contributed by atoms with E-state index in [2.05, 4.69) is 0 Å². The fraction of sp³-hybridized carbons (Fsp3) is 0.364. The van der Waals surface area contributed by atoms with Crippen molar-refractivity contribution < 1.29 is 23.8 Å². The summed E-state index contributed by atoms with van der Waals surface area (Å²) in [5.41, 5.74) is 3.24. The second kappa shape index (κ2) is 9.26. The van der Waals surface area contributed by atoms with Crippen molar-refractivity contribution in [3.05, 3.63) is 59.2 Å². The van der Waals surface area contributed by atoms with E-state index in [0.717, 1.165) is 11.1 Å². The minimum atomic E-state index is -0.331. The van der Waals surface area contributed by atoms with Crippen LogP contribution in [0.25, 0.3) is 0 Å². The van der Waals surface area contributed by atoms with E-state index >= 15 is 0 Å². The first kappa shape index (κ1) is 19.7. The molecule has 1 heterocycles. The molecular formula is C22H25NO5. The Bertz CT molecular complexity index is 831. The fourth-order valence-corrected chi connectivity index (χ4v) is 3.04. The highest BCUT2D eigenvalue weighted by molar-refractivity contribution is 5.77. The number of methoxy groups -OCH3 is 1. The van der Waals surface area contributed by atoms with E-state index in [-0.39, 0.29) is 25.1 Å². The minimum Gasteiger partial charge on any atom is -0.469 e. The van der Waals surface area contributed by atoms with Gasteiger partial charge in [-0.3, -0.25) is 9.59 Å². The number of hydrogen-bond acceptors (Lipinski definition) is 5. The van der Waals surface area contributed by atoms with Crippen molar-refractivity contribution in [2.75, 3.05) is 20.4 Å². The maximum absolute atomic E-state index is 12.8. The van der Waals surface area contributed by atoms with Crippen LogP contribution in [0.1, 0.15) is 29.5 Å². The van der Waals surface area contributed by atoms with Gasteiger partial charge in [0, 0.05) is 19.5 Å². The number of ether oxygens (including phenoxy) is 3. The van der Waals surface area contributed by atoms with Crippen molar-refractivity contribution >= 4 is 11.9 Å². The van der Waals surface area contributed by atoms with Crippen molar-refractivity contribution in [3.8, 4) is 11.5 Å². The van der Waals surface area contributed by atoms with Crippen molar-refractivity contribution in [3.63, 3.8) is 0 Å². The molecule has 148 valence electrons. The summed E-state index contributed by atoms with van der Waals surface area (Å²) in [6.07, 6.45) is 1.21. The van der Waals surface area contributed by atoms with Gasteiger partial charge in [-0.25, -0.2) is 0 Å². The molecule has 6 nitrogen and oxygen atoms in total. The third-order valence-electron chi connectivity index (χ3n) is 4.72. The lowest BCUT2D eigenvalue weighted by atomic mass is 10.1. The molecule has 3 rings (SSSR count). The van der Waals surface area contributed by atoms with E-state index in [1.54, 1.807) is 4.90 Å². The summed E-state index contributed by atoms with van der Waals surface area (Å²) in [6.45, 7) is 2.96. The van der Waals surface area contributed by atoms with Crippen LogP contribution >= 0.6 is 0 Å². The maximum atomic E-state index is 12.8. The Kier molecular flexibility index (Phi) is 6.53. The quantitative estimate of drug-likeness (QED) is 0.655. The molecule has 28 heavy (non-hydrogen) atoms. The summed E-state index contributed by atoms with van der Waals surface area (Å²) < 4.78 is 15.5. The normalized spacial score (nSPS) is 11.9. The van der Waals surface area contributed by atoms with Crippen LogP contribution in [0.3, 0.4) is 0 Å². The molecule has 1 aliphatic rings. The highest BCUT2D eigenvalue weighted by atomic mass is 16.7. The molecule has 1 amide bonds. The Morgan fingerprint density at radius 2 is 1.71 bits per heavy atom. The van der Waals surface area contributed by atoms with Crippen LogP contribution in [0.2, 0.25) is 0 Å². The Hall–Kier alpha value is -3.02. The number of fused-ring (bicyclic) bond motifs is 1. The third kappa shape index (κ3) is 5.25. The monoisotopic (exact) mass is 383 g/mol. The first-order chi connectivity index (χ1) is 13.5. The van der Waals surface area contributed by atoms with Gasteiger partial charge in [0.15, 0.2) is 11.5 Å². The van der Waals surface area contributed by atoms with Gasteiger partial charge < -0.3 is 19.1 Å². The minimum absolute atomic E-state index is 0.00199. The average Bonchev–Trinajstić information content (AvgIpc) is 3.18. The molecule has 6 heteroatoms. The zero-order valence-electron chi connectivity index (χ0n) is 16.3. The van der Waals surface area contributed by atoms with Crippen LogP contribution in [0.4, 0.5) is 0 Å². The fourth-order valence-electron chi connectivity index (χ4n) is 3.04. The number of rotatable bonds is 8. The van der Waals surface area contributed by atoms with Gasteiger partial charge in [-0.05, 0) is 36.6 Å². The van der Waals surface area contributed by atoms with E-state index in [4.69, 9.17) is 14.2 Å². The molecule has 0 fully saturated rings. The molecule has 0 radical (unpaired) electrons. The molecule has 2 aromatic carbocycles. The van der Waals surface area contributed by atoms with E-state index in [0.29, 0.717) is 37.4 Å². The lowest BCUT2D eigenvalue weighted by molar-refractivity contribution is -0.142. The number of carbonyl (C=O) groups excluding carboxylic acids is 2. The van der Waals surface area contributed by atoms with Crippen LogP contribution in [0, 0.1) is 6.92 Å². The summed E-state index contributed by atoms with van der Waals surface area (Å²) in [6, 6.07) is 13.8. The molecule has 1 aliphatic heterocycles. The summed E-state index contributed by atoms with van der Waals surface area (Å²) in [5.74, 6) is 1.05. The van der Waals surface area contributed by atoms with E-state index in [9.17, 15) is 9.59 Å². The standard InChI is InChI=1S/C22H25NO5/c1-16-3-5-17(6-4-16)8-10-21(24)23(12-11-22(25)26-2)14-18-7-9-19-20(13-18)28-15-27-19/h3-7,9,13H,8,10-12,14-15H2,1-2H3. The number of esters is 1. The first-order valence-electron chi connectivity index (χ1n) is 9.34. The number of aryl methyl sites for hydroxylation is 2. The average molecular weight is 383 g/mol. The predicted octanol–water partition coefficient (Wildman–Crippen LogP) is 3.25. The molecule has 0 aliphatic carbocycles. The number of hydrogen-bond donors (Lipinski definition) is 0. The zero-order chi connectivity index (χ0) is 19.9. The summed E-state index contributed by atoms with van der Waals surface area (Å²) >= 11 is 0. The lowest BCUT2D eigenvalue weighted by Gasteiger charge is -2.23. The van der Waals surface area contributed by atoms with Crippen LogP contribution in [0.5, 0.6) is 11.5 Å². The molecule has 0 aromatic heterocycles. The number of nitrogens with zero attached hydrogens (tertiary/aromatic N) is 1. The SMILES string of the molecule is COC(=O)CCN(Cc1ccc2c(c1)OCO2)C(=O)CCc1ccc(C)cc1. The van der Waals surface area contributed by atoms with Gasteiger partial charge in [-0.2, -0.15) is 0 Å². The molecule has 0 bridgehead atoms. The smallest absolute Gasteiger partial charge is 0.307 e. The Balaban J connectivity index is 1.65. The maximum Gasteiger partial charge on any atom is 0.307 e.